The van der Waals surface area contributed by atoms with E-state index in [-0.39, 0.29) is 29.6 Å². The maximum absolute atomic E-state index is 12.4. The van der Waals surface area contributed by atoms with Crippen molar-refractivity contribution in [2.75, 3.05) is 6.61 Å². The Morgan fingerprint density at radius 2 is 1.89 bits per heavy atom. The molecule has 0 bridgehead atoms. The Bertz CT molecular complexity index is 404. The second-order valence-electron chi connectivity index (χ2n) is 6.87. The summed E-state index contributed by atoms with van der Waals surface area (Å²) in [6.07, 6.45) is 2.13. The number of carbonyl (C=O) groups excluding carboxylic acids is 1. The molecule has 2 N–H and O–H groups in total. The summed E-state index contributed by atoms with van der Waals surface area (Å²) in [5, 5.41) is 20.0. The molecule has 102 valence electrons. The molecule has 3 heteroatoms. The molecular formula is C15H24O3. The van der Waals surface area contributed by atoms with Crippen LogP contribution in [-0.4, -0.2) is 28.2 Å². The SMILES string of the molecule is CC1=C(CCO)C(C)(O)C2CC(C)(C)CC2C1=O. The zero-order chi connectivity index (χ0) is 13.7. The van der Waals surface area contributed by atoms with E-state index in [9.17, 15) is 9.90 Å². The lowest BCUT2D eigenvalue weighted by Gasteiger charge is -2.41. The Morgan fingerprint density at radius 1 is 1.28 bits per heavy atom. The van der Waals surface area contributed by atoms with E-state index < -0.39 is 5.60 Å². The monoisotopic (exact) mass is 252 g/mol. The van der Waals surface area contributed by atoms with E-state index in [4.69, 9.17) is 5.11 Å². The Balaban J connectivity index is 2.45. The number of hydrogen-bond acceptors (Lipinski definition) is 3. The van der Waals surface area contributed by atoms with Crippen molar-refractivity contribution >= 4 is 5.78 Å². The lowest BCUT2D eigenvalue weighted by molar-refractivity contribution is -0.125. The van der Waals surface area contributed by atoms with Crippen LogP contribution >= 0.6 is 0 Å². The van der Waals surface area contributed by atoms with Gasteiger partial charge in [-0.15, -0.1) is 0 Å². The van der Waals surface area contributed by atoms with E-state index in [2.05, 4.69) is 13.8 Å². The molecule has 0 aromatic heterocycles. The molecule has 2 aliphatic carbocycles. The summed E-state index contributed by atoms with van der Waals surface area (Å²) in [6, 6.07) is 0. The molecule has 2 aliphatic rings. The molecule has 3 atom stereocenters. The number of allylic oxidation sites excluding steroid dienone is 1. The smallest absolute Gasteiger partial charge is 0.162 e. The molecule has 2 rings (SSSR count). The van der Waals surface area contributed by atoms with Gasteiger partial charge in [0.15, 0.2) is 5.78 Å². The maximum Gasteiger partial charge on any atom is 0.162 e. The van der Waals surface area contributed by atoms with Crippen molar-refractivity contribution in [3.05, 3.63) is 11.1 Å². The largest absolute Gasteiger partial charge is 0.396 e. The minimum atomic E-state index is -0.945. The Hall–Kier alpha value is -0.670. The second-order valence-corrected chi connectivity index (χ2v) is 6.87. The van der Waals surface area contributed by atoms with Crippen LogP contribution in [0.15, 0.2) is 11.1 Å². The molecule has 3 unspecified atom stereocenters. The highest BCUT2D eigenvalue weighted by molar-refractivity contribution is 5.99. The Kier molecular flexibility index (Phi) is 3.19. The molecule has 0 aliphatic heterocycles. The number of carbonyl (C=O) groups is 1. The van der Waals surface area contributed by atoms with Gasteiger partial charge in [-0.3, -0.25) is 4.79 Å². The fraction of sp³-hybridized carbons (Fsp3) is 0.800. The molecule has 3 nitrogen and oxygen atoms in total. The number of fused-ring (bicyclic) bond motifs is 1. The molecule has 0 aromatic carbocycles. The van der Waals surface area contributed by atoms with Gasteiger partial charge >= 0.3 is 0 Å². The van der Waals surface area contributed by atoms with Gasteiger partial charge in [0.1, 0.15) is 0 Å². The van der Waals surface area contributed by atoms with Crippen molar-refractivity contribution in [1.82, 2.24) is 0 Å². The van der Waals surface area contributed by atoms with Crippen LogP contribution in [-0.2, 0) is 4.79 Å². The number of aliphatic hydroxyl groups is 2. The molecule has 0 spiro atoms. The highest BCUT2D eigenvalue weighted by Crippen LogP contribution is 2.55. The number of Topliss-reactive ketones (excluding diaryl/α,β-unsaturated/α-hetero) is 1. The highest BCUT2D eigenvalue weighted by Gasteiger charge is 2.54. The Morgan fingerprint density at radius 3 is 2.44 bits per heavy atom. The summed E-state index contributed by atoms with van der Waals surface area (Å²) in [5.41, 5.74) is 0.588. The molecule has 0 saturated heterocycles. The first-order valence-electron chi connectivity index (χ1n) is 6.78. The molecule has 1 saturated carbocycles. The van der Waals surface area contributed by atoms with Crippen LogP contribution in [0.2, 0.25) is 0 Å². The van der Waals surface area contributed by atoms with Crippen molar-refractivity contribution < 1.29 is 15.0 Å². The van der Waals surface area contributed by atoms with Crippen LogP contribution < -0.4 is 0 Å². The van der Waals surface area contributed by atoms with Gasteiger partial charge in [0.05, 0.1) is 5.60 Å². The predicted molar refractivity (Wildman–Crippen MR) is 70.0 cm³/mol. The quantitative estimate of drug-likeness (QED) is 0.791. The number of hydrogen-bond donors (Lipinski definition) is 2. The summed E-state index contributed by atoms with van der Waals surface area (Å²) in [4.78, 5) is 12.4. The predicted octanol–water partition coefficient (Wildman–Crippen LogP) is 2.07. The first-order valence-corrected chi connectivity index (χ1v) is 6.78. The highest BCUT2D eigenvalue weighted by atomic mass is 16.3. The van der Waals surface area contributed by atoms with E-state index in [1.165, 1.54) is 0 Å². The molecule has 0 heterocycles. The lowest BCUT2D eigenvalue weighted by atomic mass is 9.67. The summed E-state index contributed by atoms with van der Waals surface area (Å²) in [5.74, 6) is 0.142. The Labute approximate surface area is 109 Å². The van der Waals surface area contributed by atoms with Crippen molar-refractivity contribution in [3.63, 3.8) is 0 Å². The van der Waals surface area contributed by atoms with Gasteiger partial charge in [-0.25, -0.2) is 0 Å². The molecular weight excluding hydrogens is 228 g/mol. The normalized spacial score (nSPS) is 39.1. The summed E-state index contributed by atoms with van der Waals surface area (Å²) >= 11 is 0. The van der Waals surface area contributed by atoms with E-state index in [0.717, 1.165) is 18.4 Å². The minimum Gasteiger partial charge on any atom is -0.396 e. The zero-order valence-electron chi connectivity index (χ0n) is 11.8. The zero-order valence-corrected chi connectivity index (χ0v) is 11.8. The van der Waals surface area contributed by atoms with Crippen LogP contribution in [0.5, 0.6) is 0 Å². The third kappa shape index (κ3) is 1.94. The van der Waals surface area contributed by atoms with Gasteiger partial charge in [-0.2, -0.15) is 0 Å². The van der Waals surface area contributed by atoms with Crippen LogP contribution in [0.1, 0.15) is 47.0 Å². The van der Waals surface area contributed by atoms with Gasteiger partial charge in [0.2, 0.25) is 0 Å². The van der Waals surface area contributed by atoms with Gasteiger partial charge in [-0.1, -0.05) is 13.8 Å². The maximum atomic E-state index is 12.4. The standard InChI is InChI=1S/C15H24O3/c1-9-11(5-6-16)15(4,18)12-8-14(2,3)7-10(12)13(9)17/h10,12,16,18H,5-8H2,1-4H3. The van der Waals surface area contributed by atoms with Crippen molar-refractivity contribution in [2.24, 2.45) is 17.3 Å². The molecule has 1 fully saturated rings. The van der Waals surface area contributed by atoms with Gasteiger partial charge in [0.25, 0.3) is 0 Å². The number of aliphatic hydroxyl groups excluding tert-OH is 1. The van der Waals surface area contributed by atoms with Crippen LogP contribution in [0.25, 0.3) is 0 Å². The molecule has 18 heavy (non-hydrogen) atoms. The first kappa shape index (κ1) is 13.8. The molecule has 0 aromatic rings. The minimum absolute atomic E-state index is 0.00486. The van der Waals surface area contributed by atoms with Gasteiger partial charge in [-0.05, 0) is 49.7 Å². The molecule has 0 amide bonds. The summed E-state index contributed by atoms with van der Waals surface area (Å²) in [6.45, 7) is 7.92. The fourth-order valence-corrected chi connectivity index (χ4v) is 4.01. The number of rotatable bonds is 2. The van der Waals surface area contributed by atoms with Crippen molar-refractivity contribution in [2.45, 2.75) is 52.6 Å². The van der Waals surface area contributed by atoms with E-state index in [1.807, 2.05) is 6.92 Å². The summed E-state index contributed by atoms with van der Waals surface area (Å²) < 4.78 is 0. The summed E-state index contributed by atoms with van der Waals surface area (Å²) in [7, 11) is 0. The van der Waals surface area contributed by atoms with Crippen molar-refractivity contribution in [1.29, 1.82) is 0 Å². The van der Waals surface area contributed by atoms with E-state index >= 15 is 0 Å². The van der Waals surface area contributed by atoms with Crippen LogP contribution in [0.4, 0.5) is 0 Å². The average Bonchev–Trinajstić information content (AvgIpc) is 2.59. The van der Waals surface area contributed by atoms with Gasteiger partial charge < -0.3 is 10.2 Å². The topological polar surface area (TPSA) is 57.5 Å². The first-order chi connectivity index (χ1) is 8.20. The second kappa shape index (κ2) is 4.17. The third-order valence-electron chi connectivity index (χ3n) is 4.88. The average molecular weight is 252 g/mol. The lowest BCUT2D eigenvalue weighted by Crippen LogP contribution is -2.46. The third-order valence-corrected chi connectivity index (χ3v) is 4.88. The fourth-order valence-electron chi connectivity index (χ4n) is 4.01. The van der Waals surface area contributed by atoms with Gasteiger partial charge in [0, 0.05) is 18.4 Å². The van der Waals surface area contributed by atoms with E-state index in [0.29, 0.717) is 12.0 Å². The van der Waals surface area contributed by atoms with E-state index in [1.54, 1.807) is 6.92 Å². The van der Waals surface area contributed by atoms with Crippen LogP contribution in [0.3, 0.4) is 0 Å². The number of ketones is 1. The van der Waals surface area contributed by atoms with Crippen LogP contribution in [0, 0.1) is 17.3 Å². The molecule has 0 radical (unpaired) electrons. The van der Waals surface area contributed by atoms with Crippen molar-refractivity contribution in [3.8, 4) is 0 Å².